The maximum Gasteiger partial charge on any atom is 0.214 e. The van der Waals surface area contributed by atoms with Crippen molar-refractivity contribution in [2.75, 3.05) is 38.6 Å². The summed E-state index contributed by atoms with van der Waals surface area (Å²) in [6, 6.07) is 5.86. The number of ether oxygens (including phenoxy) is 1. The molecular weight excluding hydrogens is 314 g/mol. The van der Waals surface area contributed by atoms with Gasteiger partial charge in [-0.1, -0.05) is 6.07 Å². The molecule has 2 saturated heterocycles. The Morgan fingerprint density at radius 2 is 2.04 bits per heavy atom. The van der Waals surface area contributed by atoms with E-state index in [1.807, 2.05) is 18.2 Å². The second-order valence-corrected chi connectivity index (χ2v) is 8.32. The Labute approximate surface area is 138 Å². The van der Waals surface area contributed by atoms with Gasteiger partial charge in [-0.2, -0.15) is 4.31 Å². The van der Waals surface area contributed by atoms with Crippen molar-refractivity contribution in [1.29, 1.82) is 0 Å². The zero-order chi connectivity index (χ0) is 16.3. The first-order valence-electron chi connectivity index (χ1n) is 8.35. The molecule has 6 nitrogen and oxygen atoms in total. The summed E-state index contributed by atoms with van der Waals surface area (Å²) >= 11 is 0. The van der Waals surface area contributed by atoms with Crippen molar-refractivity contribution >= 4 is 10.0 Å². The average Bonchev–Trinajstić information content (AvgIpc) is 3.07. The molecule has 3 heterocycles. The van der Waals surface area contributed by atoms with Crippen LogP contribution in [0.5, 0.6) is 0 Å². The largest absolute Gasteiger partial charge is 0.379 e. The van der Waals surface area contributed by atoms with Crippen LogP contribution < -0.4 is 0 Å². The van der Waals surface area contributed by atoms with E-state index in [1.54, 1.807) is 11.2 Å². The minimum Gasteiger partial charge on any atom is -0.379 e. The molecule has 3 rings (SSSR count). The van der Waals surface area contributed by atoms with E-state index in [2.05, 4.69) is 4.90 Å². The van der Waals surface area contributed by atoms with Crippen molar-refractivity contribution in [2.45, 2.75) is 32.4 Å². The van der Waals surface area contributed by atoms with Crippen molar-refractivity contribution in [1.82, 2.24) is 14.2 Å². The first-order valence-corrected chi connectivity index (χ1v) is 9.96. The Morgan fingerprint density at radius 1 is 1.26 bits per heavy atom. The van der Waals surface area contributed by atoms with E-state index in [4.69, 9.17) is 9.72 Å². The number of morpholine rings is 1. The Bertz CT molecular complexity index is 629. The number of sulfonamides is 1. The molecule has 2 aliphatic rings. The zero-order valence-corrected chi connectivity index (χ0v) is 14.5. The first-order chi connectivity index (χ1) is 11.1. The van der Waals surface area contributed by atoms with Crippen molar-refractivity contribution in [3.8, 4) is 0 Å². The fourth-order valence-corrected chi connectivity index (χ4v) is 4.63. The van der Waals surface area contributed by atoms with Crippen LogP contribution in [0.15, 0.2) is 18.2 Å². The topological polar surface area (TPSA) is 62.7 Å². The lowest BCUT2D eigenvalue weighted by molar-refractivity contribution is 0.0336. The predicted molar refractivity (Wildman–Crippen MR) is 88.5 cm³/mol. The van der Waals surface area contributed by atoms with Crippen LogP contribution in [0.25, 0.3) is 0 Å². The minimum atomic E-state index is -3.17. The molecule has 0 N–H and O–H groups in total. The number of rotatable bonds is 5. The van der Waals surface area contributed by atoms with Crippen LogP contribution in [0.3, 0.4) is 0 Å². The summed E-state index contributed by atoms with van der Waals surface area (Å²) < 4.78 is 31.5. The predicted octanol–water partition coefficient (Wildman–Crippen LogP) is 1.40. The van der Waals surface area contributed by atoms with Gasteiger partial charge in [0.25, 0.3) is 0 Å². The Hall–Kier alpha value is -1.02. The fourth-order valence-electron chi connectivity index (χ4n) is 3.29. The van der Waals surface area contributed by atoms with Gasteiger partial charge >= 0.3 is 0 Å². The summed E-state index contributed by atoms with van der Waals surface area (Å²) in [5, 5.41) is 0. The molecule has 1 atom stereocenters. The van der Waals surface area contributed by atoms with Crippen molar-refractivity contribution in [2.24, 2.45) is 0 Å². The molecule has 0 amide bonds. The van der Waals surface area contributed by atoms with Crippen LogP contribution in [-0.2, 0) is 21.3 Å². The summed E-state index contributed by atoms with van der Waals surface area (Å²) in [5.74, 6) is 0.150. The maximum absolute atomic E-state index is 12.3. The normalized spacial score (nSPS) is 24.1. The smallest absolute Gasteiger partial charge is 0.214 e. The van der Waals surface area contributed by atoms with E-state index < -0.39 is 10.0 Å². The van der Waals surface area contributed by atoms with E-state index >= 15 is 0 Å². The molecule has 2 fully saturated rings. The Balaban J connectivity index is 1.76. The highest BCUT2D eigenvalue weighted by Crippen LogP contribution is 2.33. The van der Waals surface area contributed by atoms with Gasteiger partial charge in [-0.15, -0.1) is 0 Å². The number of nitrogens with zero attached hydrogens (tertiary/aromatic N) is 3. The lowest BCUT2D eigenvalue weighted by atomic mass is 10.1. The van der Waals surface area contributed by atoms with Gasteiger partial charge in [-0.25, -0.2) is 8.42 Å². The van der Waals surface area contributed by atoms with E-state index in [0.717, 1.165) is 57.1 Å². The van der Waals surface area contributed by atoms with Gasteiger partial charge in [0.05, 0.1) is 36.4 Å². The zero-order valence-electron chi connectivity index (χ0n) is 13.6. The third kappa shape index (κ3) is 3.91. The van der Waals surface area contributed by atoms with Gasteiger partial charge in [0.1, 0.15) is 0 Å². The summed E-state index contributed by atoms with van der Waals surface area (Å²) in [6.07, 6.45) is 1.76. The lowest BCUT2D eigenvalue weighted by Gasteiger charge is -2.27. The van der Waals surface area contributed by atoms with Crippen LogP contribution in [0.2, 0.25) is 0 Å². The molecule has 0 aliphatic carbocycles. The number of hydrogen-bond donors (Lipinski definition) is 0. The highest BCUT2D eigenvalue weighted by atomic mass is 32.2. The molecule has 2 aliphatic heterocycles. The lowest BCUT2D eigenvalue weighted by Crippen LogP contribution is -2.36. The van der Waals surface area contributed by atoms with Gasteiger partial charge in [-0.3, -0.25) is 9.88 Å². The molecule has 0 saturated carbocycles. The molecule has 23 heavy (non-hydrogen) atoms. The highest BCUT2D eigenvalue weighted by molar-refractivity contribution is 7.89. The molecule has 1 aromatic rings. The second-order valence-electron chi connectivity index (χ2n) is 6.11. The van der Waals surface area contributed by atoms with Crippen LogP contribution >= 0.6 is 0 Å². The van der Waals surface area contributed by atoms with E-state index in [9.17, 15) is 8.42 Å². The molecule has 0 unspecified atom stereocenters. The molecular formula is C16H25N3O3S. The summed E-state index contributed by atoms with van der Waals surface area (Å²) in [5.41, 5.74) is 1.88. The van der Waals surface area contributed by atoms with Gasteiger partial charge in [0, 0.05) is 26.2 Å². The summed E-state index contributed by atoms with van der Waals surface area (Å²) in [4.78, 5) is 7.08. The summed E-state index contributed by atoms with van der Waals surface area (Å²) in [6.45, 7) is 6.49. The third-order valence-corrected chi connectivity index (χ3v) is 6.47. The minimum absolute atomic E-state index is 0.107. The SMILES string of the molecule is CCS(=O)(=O)N1CCC[C@H]1c1cccc(CN2CCOCC2)n1. The standard InChI is InChI=1S/C16H25N3O3S/c1-2-23(20,21)19-8-4-7-16(19)15-6-3-5-14(17-15)13-18-9-11-22-12-10-18/h3,5-6,16H,2,4,7-13H2,1H3/t16-/m0/s1. The number of hydrogen-bond acceptors (Lipinski definition) is 5. The van der Waals surface area contributed by atoms with Crippen LogP contribution in [0.1, 0.15) is 37.2 Å². The van der Waals surface area contributed by atoms with Gasteiger partial charge in [0.2, 0.25) is 10.0 Å². The van der Waals surface area contributed by atoms with Gasteiger partial charge < -0.3 is 4.74 Å². The molecule has 7 heteroatoms. The molecule has 0 radical (unpaired) electrons. The van der Waals surface area contributed by atoms with Crippen LogP contribution in [0, 0.1) is 0 Å². The van der Waals surface area contributed by atoms with Gasteiger partial charge in [-0.05, 0) is 31.9 Å². The van der Waals surface area contributed by atoms with E-state index in [1.165, 1.54) is 0 Å². The molecule has 128 valence electrons. The van der Waals surface area contributed by atoms with E-state index in [0.29, 0.717) is 6.54 Å². The Kier molecular flexibility index (Phi) is 5.31. The molecule has 0 aromatic carbocycles. The van der Waals surface area contributed by atoms with Crippen LogP contribution in [-0.4, -0.2) is 61.2 Å². The van der Waals surface area contributed by atoms with Gasteiger partial charge in [0.15, 0.2) is 0 Å². The maximum atomic E-state index is 12.3. The monoisotopic (exact) mass is 339 g/mol. The number of aromatic nitrogens is 1. The van der Waals surface area contributed by atoms with Crippen molar-refractivity contribution in [3.05, 3.63) is 29.6 Å². The van der Waals surface area contributed by atoms with Crippen LogP contribution in [0.4, 0.5) is 0 Å². The third-order valence-electron chi connectivity index (χ3n) is 4.58. The van der Waals surface area contributed by atoms with Crippen molar-refractivity contribution in [3.63, 3.8) is 0 Å². The van der Waals surface area contributed by atoms with Crippen molar-refractivity contribution < 1.29 is 13.2 Å². The molecule has 0 bridgehead atoms. The quantitative estimate of drug-likeness (QED) is 0.811. The number of pyridine rings is 1. The second kappa shape index (κ2) is 7.25. The summed E-state index contributed by atoms with van der Waals surface area (Å²) in [7, 11) is -3.17. The molecule has 1 aromatic heterocycles. The molecule has 0 spiro atoms. The fraction of sp³-hybridized carbons (Fsp3) is 0.688. The Morgan fingerprint density at radius 3 is 2.78 bits per heavy atom. The average molecular weight is 339 g/mol. The van der Waals surface area contributed by atoms with E-state index in [-0.39, 0.29) is 11.8 Å². The highest BCUT2D eigenvalue weighted by Gasteiger charge is 2.34. The first kappa shape index (κ1) is 16.8.